The molecule has 12 rings (SSSR count). The van der Waals surface area contributed by atoms with E-state index < -0.39 is 5.41 Å². The van der Waals surface area contributed by atoms with Crippen LogP contribution in [0.2, 0.25) is 0 Å². The van der Waals surface area contributed by atoms with Gasteiger partial charge in [0.2, 0.25) is 0 Å². The van der Waals surface area contributed by atoms with Gasteiger partial charge < -0.3 is 4.74 Å². The van der Waals surface area contributed by atoms with Crippen molar-refractivity contribution in [3.8, 4) is 67.7 Å². The van der Waals surface area contributed by atoms with Gasteiger partial charge in [-0.3, -0.25) is 0 Å². The molecule has 8 aromatic carbocycles. The number of fused-ring (bicyclic) bond motifs is 12. The van der Waals surface area contributed by atoms with E-state index in [1.807, 2.05) is 17.4 Å². The van der Waals surface area contributed by atoms with Gasteiger partial charge in [-0.1, -0.05) is 164 Å². The maximum absolute atomic E-state index is 7.01. The normalized spacial score (nSPS) is 13.2. The molecule has 1 aliphatic heterocycles. The Morgan fingerprint density at radius 1 is 0.386 bits per heavy atom. The number of hydrogen-bond donors (Lipinski definition) is 0. The van der Waals surface area contributed by atoms with E-state index in [1.165, 1.54) is 42.4 Å². The Bertz CT molecular complexity index is 3190. The van der Waals surface area contributed by atoms with Crippen molar-refractivity contribution < 1.29 is 4.74 Å². The number of aromatic nitrogens is 2. The summed E-state index contributed by atoms with van der Waals surface area (Å²) < 4.78 is 9.54. The van der Waals surface area contributed by atoms with Crippen molar-refractivity contribution in [3.63, 3.8) is 0 Å². The summed E-state index contributed by atoms with van der Waals surface area (Å²) in [4.78, 5) is 10.5. The molecule has 10 aromatic rings. The summed E-state index contributed by atoms with van der Waals surface area (Å²) in [7, 11) is 0. The summed E-state index contributed by atoms with van der Waals surface area (Å²) in [5.74, 6) is 2.42. The molecular formula is C53H32N2OS. The van der Waals surface area contributed by atoms with Crippen LogP contribution in [0.3, 0.4) is 0 Å². The molecule has 1 spiro atoms. The largest absolute Gasteiger partial charge is 0.456 e. The molecule has 1 aliphatic carbocycles. The number of benzene rings is 8. The van der Waals surface area contributed by atoms with Crippen LogP contribution in [0.4, 0.5) is 0 Å². The van der Waals surface area contributed by atoms with Crippen LogP contribution in [0.15, 0.2) is 194 Å². The van der Waals surface area contributed by atoms with Crippen LogP contribution < -0.4 is 4.74 Å². The Morgan fingerprint density at radius 3 is 1.81 bits per heavy atom. The first-order chi connectivity index (χ1) is 28.2. The van der Waals surface area contributed by atoms with E-state index in [9.17, 15) is 0 Å². The predicted molar refractivity (Wildman–Crippen MR) is 234 cm³/mol. The van der Waals surface area contributed by atoms with E-state index in [1.54, 1.807) is 0 Å². The zero-order valence-corrected chi connectivity index (χ0v) is 31.5. The van der Waals surface area contributed by atoms with Crippen LogP contribution in [-0.2, 0) is 5.41 Å². The summed E-state index contributed by atoms with van der Waals surface area (Å²) in [5.41, 5.74) is 13.8. The van der Waals surface area contributed by atoms with Gasteiger partial charge in [0.25, 0.3) is 0 Å². The maximum atomic E-state index is 7.01. The number of nitrogens with zero attached hydrogens (tertiary/aromatic N) is 2. The SMILES string of the molecule is c1ccc(-c2cc(-c3ccc4c(c3)sc3ccccc34)nc(-c3cccc(-c4cccc5c4Oc4ccccc4C54c5ccccc5-c5ccccc54)c3)n2)cc1. The highest BCUT2D eigenvalue weighted by Crippen LogP contribution is 2.63. The van der Waals surface area contributed by atoms with E-state index in [-0.39, 0.29) is 0 Å². The molecule has 3 heterocycles. The highest BCUT2D eigenvalue weighted by molar-refractivity contribution is 7.25. The molecule has 0 saturated heterocycles. The van der Waals surface area contributed by atoms with Crippen molar-refractivity contribution in [2.24, 2.45) is 0 Å². The second-order valence-corrected chi connectivity index (χ2v) is 15.9. The van der Waals surface area contributed by atoms with Crippen molar-refractivity contribution >= 4 is 31.5 Å². The molecular weight excluding hydrogens is 713 g/mol. The Kier molecular flexibility index (Phi) is 7.01. The minimum atomic E-state index is -0.525. The molecule has 0 radical (unpaired) electrons. The Morgan fingerprint density at radius 2 is 0.982 bits per heavy atom. The van der Waals surface area contributed by atoms with Crippen molar-refractivity contribution in [2.75, 3.05) is 0 Å². The third-order valence-corrected chi connectivity index (χ3v) is 12.9. The van der Waals surface area contributed by atoms with Gasteiger partial charge in [-0.05, 0) is 58.1 Å². The van der Waals surface area contributed by atoms with Crippen LogP contribution in [-0.4, -0.2) is 9.97 Å². The second kappa shape index (κ2) is 12.4. The minimum absolute atomic E-state index is 0.525. The molecule has 2 aromatic heterocycles. The molecule has 57 heavy (non-hydrogen) atoms. The number of para-hydroxylation sites is 2. The zero-order chi connectivity index (χ0) is 37.5. The van der Waals surface area contributed by atoms with Crippen LogP contribution in [0.1, 0.15) is 22.3 Å². The number of hydrogen-bond acceptors (Lipinski definition) is 4. The molecule has 0 saturated carbocycles. The fraction of sp³-hybridized carbons (Fsp3) is 0.0189. The highest BCUT2D eigenvalue weighted by atomic mass is 32.1. The van der Waals surface area contributed by atoms with E-state index >= 15 is 0 Å². The standard InChI is InChI=1S/C53H32N2OS/c1-2-14-33(15-3-1)46-32-47(35-28-29-41-40-20-6-11-27-49(40)57-50(41)31-35)55-52(54-46)36-17-12-16-34(30-36)37-21-13-25-45-51(37)56-48-26-10-9-24-44(48)53(45)42-22-7-4-18-38(42)39-19-5-8-23-43(39)53/h1-32H. The van der Waals surface area contributed by atoms with Crippen LogP contribution in [0, 0.1) is 0 Å². The summed E-state index contributed by atoms with van der Waals surface area (Å²) in [6, 6.07) is 69.3. The number of thiophene rings is 1. The Balaban J connectivity index is 1.04. The quantitative estimate of drug-likeness (QED) is 0.180. The third-order valence-electron chi connectivity index (χ3n) is 11.8. The number of rotatable bonds is 4. The van der Waals surface area contributed by atoms with Gasteiger partial charge >= 0.3 is 0 Å². The van der Waals surface area contributed by atoms with Crippen molar-refractivity contribution in [1.29, 1.82) is 0 Å². The molecule has 0 atom stereocenters. The minimum Gasteiger partial charge on any atom is -0.456 e. The van der Waals surface area contributed by atoms with Crippen molar-refractivity contribution in [1.82, 2.24) is 9.97 Å². The lowest BCUT2D eigenvalue weighted by Crippen LogP contribution is -2.32. The van der Waals surface area contributed by atoms with Crippen molar-refractivity contribution in [2.45, 2.75) is 5.41 Å². The predicted octanol–water partition coefficient (Wildman–Crippen LogP) is 14.0. The highest BCUT2D eigenvalue weighted by Gasteiger charge is 2.51. The molecule has 3 nitrogen and oxygen atoms in total. The third kappa shape index (κ3) is 4.78. The van der Waals surface area contributed by atoms with Gasteiger partial charge in [0, 0.05) is 53.6 Å². The lowest BCUT2D eigenvalue weighted by atomic mass is 9.65. The van der Waals surface area contributed by atoms with E-state index in [0.717, 1.165) is 61.8 Å². The molecule has 266 valence electrons. The lowest BCUT2D eigenvalue weighted by molar-refractivity contribution is 0.438. The zero-order valence-electron chi connectivity index (χ0n) is 30.7. The average molecular weight is 745 g/mol. The molecule has 0 fully saturated rings. The molecule has 2 aliphatic rings. The molecule has 4 heteroatoms. The molecule has 0 amide bonds. The lowest BCUT2D eigenvalue weighted by Gasteiger charge is -2.40. The Hall–Kier alpha value is -7.14. The molecule has 0 unspecified atom stereocenters. The molecule has 0 bridgehead atoms. The van der Waals surface area contributed by atoms with Crippen LogP contribution >= 0.6 is 11.3 Å². The van der Waals surface area contributed by atoms with Gasteiger partial charge in [0.05, 0.1) is 16.8 Å². The van der Waals surface area contributed by atoms with Gasteiger partial charge in [-0.15, -0.1) is 11.3 Å². The maximum Gasteiger partial charge on any atom is 0.160 e. The smallest absolute Gasteiger partial charge is 0.160 e. The topological polar surface area (TPSA) is 35.0 Å². The first kappa shape index (κ1) is 32.1. The monoisotopic (exact) mass is 744 g/mol. The van der Waals surface area contributed by atoms with Crippen LogP contribution in [0.25, 0.3) is 76.3 Å². The summed E-state index contributed by atoms with van der Waals surface area (Å²) in [6.45, 7) is 0. The van der Waals surface area contributed by atoms with Gasteiger partial charge in [-0.2, -0.15) is 0 Å². The summed E-state index contributed by atoms with van der Waals surface area (Å²) >= 11 is 1.82. The van der Waals surface area contributed by atoms with Gasteiger partial charge in [0.1, 0.15) is 11.5 Å². The van der Waals surface area contributed by atoms with Crippen LogP contribution in [0.5, 0.6) is 11.5 Å². The van der Waals surface area contributed by atoms with E-state index in [4.69, 9.17) is 14.7 Å². The number of ether oxygens (including phenoxy) is 1. The summed E-state index contributed by atoms with van der Waals surface area (Å²) in [6.07, 6.45) is 0. The second-order valence-electron chi connectivity index (χ2n) is 14.8. The van der Waals surface area contributed by atoms with Gasteiger partial charge in [-0.25, -0.2) is 9.97 Å². The summed E-state index contributed by atoms with van der Waals surface area (Å²) in [5, 5.41) is 2.56. The average Bonchev–Trinajstić information content (AvgIpc) is 3.80. The molecule has 0 N–H and O–H groups in total. The van der Waals surface area contributed by atoms with E-state index in [0.29, 0.717) is 5.82 Å². The van der Waals surface area contributed by atoms with Gasteiger partial charge in [0.15, 0.2) is 5.82 Å². The fourth-order valence-electron chi connectivity index (χ4n) is 9.30. The first-order valence-corrected chi connectivity index (χ1v) is 20.1. The Labute approximate surface area is 334 Å². The van der Waals surface area contributed by atoms with E-state index in [2.05, 4.69) is 188 Å². The first-order valence-electron chi connectivity index (χ1n) is 19.3. The fourth-order valence-corrected chi connectivity index (χ4v) is 10.4. The van der Waals surface area contributed by atoms with Crippen molar-refractivity contribution in [3.05, 3.63) is 216 Å².